The first-order chi connectivity index (χ1) is 8.56. The second kappa shape index (κ2) is 5.95. The van der Waals surface area contributed by atoms with E-state index in [1.54, 1.807) is 6.07 Å². The van der Waals surface area contributed by atoms with Crippen molar-refractivity contribution >= 4 is 38.3 Å². The summed E-state index contributed by atoms with van der Waals surface area (Å²) in [6.45, 7) is 0. The summed E-state index contributed by atoms with van der Waals surface area (Å²) in [6.07, 6.45) is 0. The molecule has 2 aromatic carbocycles. The van der Waals surface area contributed by atoms with Crippen LogP contribution >= 0.6 is 27.5 Å². The van der Waals surface area contributed by atoms with Crippen LogP contribution in [-0.2, 0) is 16.6 Å². The fraction of sp³-hybridized carbons (Fsp3) is 0.0769. The van der Waals surface area contributed by atoms with Gasteiger partial charge < -0.3 is 0 Å². The van der Waals surface area contributed by atoms with Crippen molar-refractivity contribution in [2.75, 3.05) is 0 Å². The van der Waals surface area contributed by atoms with E-state index in [1.807, 2.05) is 12.1 Å². The predicted octanol–water partition coefficient (Wildman–Crippen LogP) is 4.55. The summed E-state index contributed by atoms with van der Waals surface area (Å²) in [5, 5.41) is 0.569. The van der Waals surface area contributed by atoms with Gasteiger partial charge >= 0.3 is 0 Å². The molecule has 0 saturated heterocycles. The maximum absolute atomic E-state index is 12.8. The van der Waals surface area contributed by atoms with Gasteiger partial charge in [-0.3, -0.25) is 4.21 Å². The van der Waals surface area contributed by atoms with Crippen molar-refractivity contribution in [1.82, 2.24) is 0 Å². The van der Waals surface area contributed by atoms with Gasteiger partial charge in [-0.1, -0.05) is 33.6 Å². The molecule has 0 radical (unpaired) electrons. The molecule has 0 saturated carbocycles. The fourth-order valence-corrected chi connectivity index (χ4v) is 3.41. The molecule has 1 nitrogen and oxygen atoms in total. The monoisotopic (exact) mass is 346 g/mol. The third-order valence-electron chi connectivity index (χ3n) is 2.38. The van der Waals surface area contributed by atoms with Crippen LogP contribution < -0.4 is 0 Å². The molecular formula is C13H9BrClFOS. The molecule has 0 aliphatic carbocycles. The molecule has 0 aromatic heterocycles. The molecule has 0 spiro atoms. The minimum atomic E-state index is -1.23. The Morgan fingerprint density at radius 3 is 2.44 bits per heavy atom. The minimum absolute atomic E-state index is 0.317. The van der Waals surface area contributed by atoms with E-state index in [1.165, 1.54) is 24.3 Å². The summed E-state index contributed by atoms with van der Waals surface area (Å²) in [4.78, 5) is 0.593. The van der Waals surface area contributed by atoms with Crippen molar-refractivity contribution < 1.29 is 8.60 Å². The van der Waals surface area contributed by atoms with E-state index >= 15 is 0 Å². The maximum Gasteiger partial charge on any atom is 0.123 e. The molecule has 0 fully saturated rings. The first-order valence-corrected chi connectivity index (χ1v) is 7.63. The number of hydrogen-bond acceptors (Lipinski definition) is 1. The number of rotatable bonds is 3. The van der Waals surface area contributed by atoms with Crippen molar-refractivity contribution in [1.29, 1.82) is 0 Å². The smallest absolute Gasteiger partial charge is 0.123 e. The summed E-state index contributed by atoms with van der Waals surface area (Å²) in [5.74, 6) is -0.0185. The lowest BCUT2D eigenvalue weighted by Crippen LogP contribution is -1.97. The van der Waals surface area contributed by atoms with Crippen molar-refractivity contribution in [2.45, 2.75) is 10.6 Å². The quantitative estimate of drug-likeness (QED) is 0.796. The third kappa shape index (κ3) is 3.40. The zero-order valence-corrected chi connectivity index (χ0v) is 12.4. The Morgan fingerprint density at radius 1 is 1.17 bits per heavy atom. The average molecular weight is 348 g/mol. The van der Waals surface area contributed by atoms with E-state index in [0.717, 1.165) is 10.0 Å². The third-order valence-corrected chi connectivity index (χ3v) is 4.59. The van der Waals surface area contributed by atoms with Gasteiger partial charge in [0.1, 0.15) is 5.82 Å². The van der Waals surface area contributed by atoms with E-state index in [9.17, 15) is 8.60 Å². The number of halogens is 3. The average Bonchev–Trinajstić information content (AvgIpc) is 2.33. The van der Waals surface area contributed by atoms with Crippen LogP contribution in [0.5, 0.6) is 0 Å². The standard InChI is InChI=1S/C13H9BrClFOS/c14-10-2-1-9(13(15)7-10)8-18(17)12-5-3-11(16)4-6-12/h1-7H,8H2. The van der Waals surface area contributed by atoms with Crippen molar-refractivity contribution in [2.24, 2.45) is 0 Å². The van der Waals surface area contributed by atoms with E-state index < -0.39 is 10.8 Å². The Morgan fingerprint density at radius 2 is 1.83 bits per heavy atom. The van der Waals surface area contributed by atoms with Crippen LogP contribution in [0.25, 0.3) is 0 Å². The summed E-state index contributed by atoms with van der Waals surface area (Å²) in [7, 11) is -1.23. The fourth-order valence-electron chi connectivity index (χ4n) is 1.45. The topological polar surface area (TPSA) is 17.1 Å². The lowest BCUT2D eigenvalue weighted by Gasteiger charge is -2.05. The lowest BCUT2D eigenvalue weighted by atomic mass is 10.2. The number of hydrogen-bond donors (Lipinski definition) is 0. The Hall–Kier alpha value is -0.710. The van der Waals surface area contributed by atoms with Crippen LogP contribution in [0.2, 0.25) is 5.02 Å². The van der Waals surface area contributed by atoms with Gasteiger partial charge in [-0.15, -0.1) is 0 Å². The molecule has 1 unspecified atom stereocenters. The Kier molecular flexibility index (Phi) is 4.54. The first kappa shape index (κ1) is 13.7. The van der Waals surface area contributed by atoms with Crippen LogP contribution in [0.15, 0.2) is 51.8 Å². The van der Waals surface area contributed by atoms with Crippen LogP contribution in [0.4, 0.5) is 4.39 Å². The highest BCUT2D eigenvalue weighted by Crippen LogP contribution is 2.24. The number of benzene rings is 2. The normalized spacial score (nSPS) is 12.4. The van der Waals surface area contributed by atoms with Crippen LogP contribution in [-0.4, -0.2) is 4.21 Å². The van der Waals surface area contributed by atoms with Crippen molar-refractivity contribution in [3.05, 3.63) is 63.3 Å². The Labute approximate surface area is 121 Å². The summed E-state index contributed by atoms with van der Waals surface area (Å²) < 4.78 is 25.7. The maximum atomic E-state index is 12.8. The van der Waals surface area contributed by atoms with Gasteiger partial charge in [0.05, 0.1) is 16.6 Å². The van der Waals surface area contributed by atoms with Gasteiger partial charge in [0.15, 0.2) is 0 Å². The molecule has 0 heterocycles. The van der Waals surface area contributed by atoms with E-state index in [-0.39, 0.29) is 5.82 Å². The molecule has 5 heteroatoms. The van der Waals surface area contributed by atoms with Crippen molar-refractivity contribution in [3.8, 4) is 0 Å². The predicted molar refractivity (Wildman–Crippen MR) is 75.7 cm³/mol. The Bertz CT molecular complexity index is 586. The van der Waals surface area contributed by atoms with Crippen LogP contribution in [0.1, 0.15) is 5.56 Å². The molecular weight excluding hydrogens is 339 g/mol. The summed E-state index contributed by atoms with van der Waals surface area (Å²) >= 11 is 9.38. The van der Waals surface area contributed by atoms with Gasteiger partial charge in [0, 0.05) is 14.4 Å². The molecule has 1 atom stereocenters. The highest BCUT2D eigenvalue weighted by Gasteiger charge is 2.08. The highest BCUT2D eigenvalue weighted by atomic mass is 79.9. The van der Waals surface area contributed by atoms with E-state index in [2.05, 4.69) is 15.9 Å². The minimum Gasteiger partial charge on any atom is -0.254 e. The molecule has 0 aliphatic heterocycles. The van der Waals surface area contributed by atoms with Crippen LogP contribution in [0.3, 0.4) is 0 Å². The zero-order chi connectivity index (χ0) is 13.1. The van der Waals surface area contributed by atoms with Gasteiger partial charge in [0.25, 0.3) is 0 Å². The second-order valence-corrected chi connectivity index (χ2v) is 6.45. The lowest BCUT2D eigenvalue weighted by molar-refractivity contribution is 0.626. The van der Waals surface area contributed by atoms with Gasteiger partial charge in [0.2, 0.25) is 0 Å². The zero-order valence-electron chi connectivity index (χ0n) is 9.20. The highest BCUT2D eigenvalue weighted by molar-refractivity contribution is 9.10. The molecule has 0 amide bonds. The Balaban J connectivity index is 2.18. The van der Waals surface area contributed by atoms with Gasteiger partial charge in [-0.25, -0.2) is 4.39 Å². The van der Waals surface area contributed by atoms with E-state index in [4.69, 9.17) is 11.6 Å². The summed E-state index contributed by atoms with van der Waals surface area (Å²) in [5.41, 5.74) is 0.808. The molecule has 2 aromatic rings. The second-order valence-electron chi connectivity index (χ2n) is 3.68. The van der Waals surface area contributed by atoms with Gasteiger partial charge in [-0.05, 0) is 42.0 Å². The SMILES string of the molecule is O=S(Cc1ccc(Br)cc1Cl)c1ccc(F)cc1. The van der Waals surface area contributed by atoms with E-state index in [0.29, 0.717) is 15.7 Å². The summed E-state index contributed by atoms with van der Waals surface area (Å²) in [6, 6.07) is 11.1. The molecule has 0 N–H and O–H groups in total. The molecule has 18 heavy (non-hydrogen) atoms. The first-order valence-electron chi connectivity index (χ1n) is 5.14. The molecule has 0 bridgehead atoms. The van der Waals surface area contributed by atoms with Crippen molar-refractivity contribution in [3.63, 3.8) is 0 Å². The van der Waals surface area contributed by atoms with Gasteiger partial charge in [-0.2, -0.15) is 0 Å². The molecule has 0 aliphatic rings. The largest absolute Gasteiger partial charge is 0.254 e. The molecule has 94 valence electrons. The molecule has 2 rings (SSSR count). The van der Waals surface area contributed by atoms with Crippen LogP contribution in [0, 0.1) is 5.82 Å².